The van der Waals surface area contributed by atoms with Crippen LogP contribution in [0.25, 0.3) is 57.3 Å². The Morgan fingerprint density at radius 1 is 0.582 bits per heavy atom. The van der Waals surface area contributed by atoms with E-state index in [2.05, 4.69) is 75.5 Å². The third-order valence-corrected chi connectivity index (χ3v) is 15.9. The minimum Gasteiger partial charge on any atom is -0.493 e. The van der Waals surface area contributed by atoms with Crippen molar-refractivity contribution >= 4 is 48.0 Å². The average Bonchev–Trinajstić information content (AvgIpc) is 4.07. The molecule has 0 fully saturated rings. The van der Waals surface area contributed by atoms with E-state index in [1.165, 1.54) is 95.6 Å². The molecule has 0 saturated heterocycles. The van der Waals surface area contributed by atoms with Crippen LogP contribution in [0.4, 0.5) is 0 Å². The van der Waals surface area contributed by atoms with Gasteiger partial charge in [0, 0.05) is 58.9 Å². The fraction of sp³-hybridized carbons (Fsp3) is 0.368. The number of benzene rings is 2. The third-order valence-electron chi connectivity index (χ3n) is 13.7. The molecule has 4 aromatic heterocycles. The molecular formula is C57H62N4O4S2. The fourth-order valence-corrected chi connectivity index (χ4v) is 11.9. The van der Waals surface area contributed by atoms with E-state index >= 15 is 0 Å². The molecule has 2 aromatic carbocycles. The monoisotopic (exact) mass is 930 g/mol. The zero-order chi connectivity index (χ0) is 47.8. The summed E-state index contributed by atoms with van der Waals surface area (Å²) < 4.78 is 2.43. The van der Waals surface area contributed by atoms with Crippen molar-refractivity contribution in [1.29, 1.82) is 10.5 Å². The highest BCUT2D eigenvalue weighted by Crippen LogP contribution is 2.56. The first kappa shape index (κ1) is 48.7. The summed E-state index contributed by atoms with van der Waals surface area (Å²) in [5, 5.41) is 41.9. The van der Waals surface area contributed by atoms with Gasteiger partial charge in [0.15, 0.2) is 0 Å². The Hall–Kier alpha value is -6.20. The molecule has 0 atom stereocenters. The Labute approximate surface area is 402 Å². The maximum Gasteiger partial charge on any atom is 0.261 e. The molecule has 0 spiro atoms. The molecule has 8 nitrogen and oxygen atoms in total. The molecule has 10 heteroatoms. The minimum atomic E-state index is -0.375. The van der Waals surface area contributed by atoms with Gasteiger partial charge >= 0.3 is 0 Å². The lowest BCUT2D eigenvalue weighted by molar-refractivity contribution is 0.398. The highest BCUT2D eigenvalue weighted by atomic mass is 32.1. The molecule has 4 heterocycles. The molecule has 1 aliphatic rings. The Bertz CT molecular complexity index is 3030. The van der Waals surface area contributed by atoms with Crippen molar-refractivity contribution in [2.24, 2.45) is 0 Å². The number of hydrogen-bond donors (Lipinski definition) is 2. The lowest BCUT2D eigenvalue weighted by atomic mass is 9.70. The number of aromatic nitrogens is 2. The van der Waals surface area contributed by atoms with Gasteiger partial charge in [0.05, 0.1) is 0 Å². The van der Waals surface area contributed by atoms with Crippen LogP contribution in [0, 0.1) is 22.7 Å². The van der Waals surface area contributed by atoms with Crippen molar-refractivity contribution in [3.05, 3.63) is 134 Å². The number of nitriles is 2. The zero-order valence-electron chi connectivity index (χ0n) is 39.5. The molecule has 2 N–H and O–H groups in total. The molecule has 0 unspecified atom stereocenters. The van der Waals surface area contributed by atoms with E-state index in [0.29, 0.717) is 10.4 Å². The maximum atomic E-state index is 13.5. The topological polar surface area (TPSA) is 132 Å². The quantitative estimate of drug-likeness (QED) is 0.0733. The van der Waals surface area contributed by atoms with Gasteiger partial charge < -0.3 is 10.2 Å². The van der Waals surface area contributed by atoms with E-state index in [1.807, 2.05) is 24.3 Å². The van der Waals surface area contributed by atoms with E-state index in [4.69, 9.17) is 0 Å². The van der Waals surface area contributed by atoms with Gasteiger partial charge in [0.2, 0.25) is 11.8 Å². The molecule has 0 bridgehead atoms. The number of pyridine rings is 2. The second-order valence-corrected chi connectivity index (χ2v) is 20.1. The number of unbranched alkanes of at least 4 members (excludes halogenated alkanes) is 10. The second kappa shape index (κ2) is 21.6. The van der Waals surface area contributed by atoms with Crippen molar-refractivity contribution in [1.82, 2.24) is 9.13 Å². The summed E-state index contributed by atoms with van der Waals surface area (Å²) in [6.07, 6.45) is 20.2. The first-order chi connectivity index (χ1) is 32.5. The largest absolute Gasteiger partial charge is 0.493 e. The van der Waals surface area contributed by atoms with Gasteiger partial charge in [-0.25, -0.2) is 0 Å². The van der Waals surface area contributed by atoms with Crippen LogP contribution in [0.15, 0.2) is 70.3 Å². The number of nitrogens with zero attached hydrogens (tertiary/aromatic N) is 4. The molecular weight excluding hydrogens is 869 g/mol. The van der Waals surface area contributed by atoms with Crippen molar-refractivity contribution < 1.29 is 10.2 Å². The van der Waals surface area contributed by atoms with Gasteiger partial charge in [-0.15, -0.1) is 22.7 Å². The first-order valence-electron chi connectivity index (χ1n) is 24.1. The highest BCUT2D eigenvalue weighted by molar-refractivity contribution is 7.16. The van der Waals surface area contributed by atoms with E-state index in [9.17, 15) is 30.3 Å². The standard InChI is InChI=1S/C57H62N4O4S2/c1-7-11-13-15-17-19-29-57(30-20-18-16-14-12-8-2)49-31-39(51-27-23-41(66-51)33-45-37(5)47(35-58)55(64)60(9-3)53(45)62)21-25-43(49)44-26-22-40(32-50(44)57)52-28-24-42(67-52)34-46-38(6)48(36-59)56(65)61(10-4)54(46)63/h21-28,31-34,64-65H,5-20,29-30H2,1-4H3/b45-33+,46-34+. The molecule has 6 aromatic rings. The van der Waals surface area contributed by atoms with Gasteiger partial charge in [-0.3, -0.25) is 18.7 Å². The number of thiophene rings is 2. The van der Waals surface area contributed by atoms with E-state index in [1.54, 1.807) is 48.7 Å². The number of fused-ring (bicyclic) bond motifs is 3. The Kier molecular flexibility index (Phi) is 15.7. The Morgan fingerprint density at radius 3 is 1.34 bits per heavy atom. The van der Waals surface area contributed by atoms with Crippen molar-refractivity contribution in [2.75, 3.05) is 0 Å². The number of hydrogen-bond acceptors (Lipinski definition) is 8. The van der Waals surface area contributed by atoms with Gasteiger partial charge in [-0.1, -0.05) is 128 Å². The average molecular weight is 931 g/mol. The van der Waals surface area contributed by atoms with Crippen LogP contribution < -0.4 is 32.0 Å². The first-order valence-corrected chi connectivity index (χ1v) is 25.7. The van der Waals surface area contributed by atoms with Gasteiger partial charge in [-0.2, -0.15) is 10.5 Å². The molecule has 0 aliphatic heterocycles. The van der Waals surface area contributed by atoms with Crippen molar-refractivity contribution in [3.8, 4) is 55.9 Å². The van der Waals surface area contributed by atoms with Crippen LogP contribution in [0.3, 0.4) is 0 Å². The Morgan fingerprint density at radius 2 is 0.970 bits per heavy atom. The SMILES string of the molecule is C=c1c(C#N)c(O)n(CC)c(=O)/c1=C/c1ccc(-c2ccc3c(c2)C(CCCCCCCC)(CCCCCCCC)c2cc(-c4ccc(/C=c5\c(=C)c(C#N)c(O)n(CC)c5=O)s4)ccc2-3)s1. The summed E-state index contributed by atoms with van der Waals surface area (Å²) in [7, 11) is 0. The van der Waals surface area contributed by atoms with E-state index < -0.39 is 0 Å². The molecule has 7 rings (SSSR count). The minimum absolute atomic E-state index is 0.00935. The number of rotatable bonds is 20. The third kappa shape index (κ3) is 9.66. The van der Waals surface area contributed by atoms with E-state index in [-0.39, 0.29) is 62.9 Å². The lowest BCUT2D eigenvalue weighted by Gasteiger charge is -2.33. The Balaban J connectivity index is 1.33. The smallest absolute Gasteiger partial charge is 0.261 e. The zero-order valence-corrected chi connectivity index (χ0v) is 41.1. The van der Waals surface area contributed by atoms with Gasteiger partial charge in [-0.05, 0) is 109 Å². The fourth-order valence-electron chi connectivity index (χ4n) is 10.0. The second-order valence-electron chi connectivity index (χ2n) is 17.8. The van der Waals surface area contributed by atoms with E-state index in [0.717, 1.165) is 56.3 Å². The predicted octanol–water partition coefficient (Wildman–Crippen LogP) is 10.9. The maximum absolute atomic E-state index is 13.5. The summed E-state index contributed by atoms with van der Waals surface area (Å²) in [4.78, 5) is 30.8. The molecule has 67 heavy (non-hydrogen) atoms. The highest BCUT2D eigenvalue weighted by Gasteiger charge is 2.42. The summed E-state index contributed by atoms with van der Waals surface area (Å²) >= 11 is 3.19. The normalized spacial score (nSPS) is 13.2. The van der Waals surface area contributed by atoms with Crippen molar-refractivity contribution in [2.45, 2.75) is 136 Å². The van der Waals surface area contributed by atoms with Gasteiger partial charge in [0.25, 0.3) is 11.1 Å². The summed E-state index contributed by atoms with van der Waals surface area (Å²) in [5.41, 5.74) is 6.60. The lowest BCUT2D eigenvalue weighted by Crippen LogP contribution is -2.45. The van der Waals surface area contributed by atoms with Crippen LogP contribution in [-0.4, -0.2) is 19.3 Å². The molecule has 0 amide bonds. The van der Waals surface area contributed by atoms with Gasteiger partial charge in [0.1, 0.15) is 23.3 Å². The number of aromatic hydroxyl groups is 2. The van der Waals surface area contributed by atoms with Crippen LogP contribution in [0.1, 0.15) is 150 Å². The molecule has 346 valence electrons. The van der Waals surface area contributed by atoms with Crippen LogP contribution in [0.2, 0.25) is 0 Å². The molecule has 0 radical (unpaired) electrons. The van der Waals surface area contributed by atoms with Crippen molar-refractivity contribution in [3.63, 3.8) is 0 Å². The molecule has 1 aliphatic carbocycles. The summed E-state index contributed by atoms with van der Waals surface area (Å²) in [5.74, 6) is -0.699. The van der Waals surface area contributed by atoms with Crippen LogP contribution in [-0.2, 0) is 18.5 Å². The summed E-state index contributed by atoms with van der Waals surface area (Å²) in [6, 6.07) is 26.2. The molecule has 0 saturated carbocycles. The van der Waals surface area contributed by atoms with Crippen LogP contribution >= 0.6 is 22.7 Å². The van der Waals surface area contributed by atoms with Crippen LogP contribution in [0.5, 0.6) is 11.8 Å². The predicted molar refractivity (Wildman–Crippen MR) is 277 cm³/mol. The summed E-state index contributed by atoms with van der Waals surface area (Å²) in [6.45, 7) is 16.6.